The molecule has 0 spiro atoms. The van der Waals surface area contributed by atoms with E-state index in [2.05, 4.69) is 0 Å². The van der Waals surface area contributed by atoms with Crippen LogP contribution in [0.4, 0.5) is 0 Å². The van der Waals surface area contributed by atoms with E-state index in [-0.39, 0.29) is 0 Å². The van der Waals surface area contributed by atoms with Crippen LogP contribution >= 0.6 is 0 Å². The second-order valence-electron chi connectivity index (χ2n) is 3.67. The Morgan fingerprint density at radius 1 is 1.33 bits per heavy atom. The van der Waals surface area contributed by atoms with Crippen molar-refractivity contribution in [3.63, 3.8) is 0 Å². The van der Waals surface area contributed by atoms with Crippen LogP contribution in [-0.4, -0.2) is 51.0 Å². The number of carbonyl (C=O) groups is 2. The van der Waals surface area contributed by atoms with Crippen molar-refractivity contribution in [3.05, 3.63) is 0 Å². The van der Waals surface area contributed by atoms with Gasteiger partial charge in [0.25, 0.3) is 0 Å². The molecule has 3 N–H and O–H groups in total. The van der Waals surface area contributed by atoms with Gasteiger partial charge >= 0.3 is 11.9 Å². The highest BCUT2D eigenvalue weighted by Crippen LogP contribution is 2.19. The lowest BCUT2D eigenvalue weighted by Crippen LogP contribution is -2.50. The van der Waals surface area contributed by atoms with E-state index in [1.807, 2.05) is 0 Å². The van der Waals surface area contributed by atoms with Gasteiger partial charge in [0, 0.05) is 6.54 Å². The Hall–Kier alpha value is -1.14. The SMILES string of the molecule is O=C(O)CC(C(=O)O)N1CCCCC1O. The molecule has 0 aromatic rings. The third-order valence-electron chi connectivity index (χ3n) is 2.56. The molecule has 0 aromatic heterocycles. The molecule has 1 heterocycles. The summed E-state index contributed by atoms with van der Waals surface area (Å²) in [6, 6.07) is -1.13. The number of hydrogen-bond donors (Lipinski definition) is 3. The lowest BCUT2D eigenvalue weighted by molar-refractivity contribution is -0.156. The van der Waals surface area contributed by atoms with Crippen LogP contribution in [0.25, 0.3) is 0 Å². The lowest BCUT2D eigenvalue weighted by Gasteiger charge is -2.35. The molecule has 0 amide bonds. The number of aliphatic hydroxyl groups is 1. The Morgan fingerprint density at radius 2 is 2.00 bits per heavy atom. The van der Waals surface area contributed by atoms with Gasteiger partial charge in [-0.1, -0.05) is 0 Å². The van der Waals surface area contributed by atoms with E-state index < -0.39 is 30.6 Å². The van der Waals surface area contributed by atoms with E-state index in [0.717, 1.165) is 12.8 Å². The van der Waals surface area contributed by atoms with Gasteiger partial charge in [-0.2, -0.15) is 0 Å². The molecular weight excluding hydrogens is 202 g/mol. The van der Waals surface area contributed by atoms with Crippen LogP contribution in [0.15, 0.2) is 0 Å². The lowest BCUT2D eigenvalue weighted by atomic mass is 10.0. The van der Waals surface area contributed by atoms with Crippen LogP contribution in [-0.2, 0) is 9.59 Å². The fourth-order valence-electron chi connectivity index (χ4n) is 1.81. The summed E-state index contributed by atoms with van der Waals surface area (Å²) in [5, 5.41) is 27.0. The highest BCUT2D eigenvalue weighted by atomic mass is 16.4. The van der Waals surface area contributed by atoms with E-state index in [4.69, 9.17) is 10.2 Å². The van der Waals surface area contributed by atoms with Gasteiger partial charge < -0.3 is 15.3 Å². The van der Waals surface area contributed by atoms with Crippen molar-refractivity contribution in [2.24, 2.45) is 0 Å². The van der Waals surface area contributed by atoms with Crippen LogP contribution in [0.5, 0.6) is 0 Å². The molecule has 86 valence electrons. The normalized spacial score (nSPS) is 24.7. The van der Waals surface area contributed by atoms with Crippen molar-refractivity contribution in [3.8, 4) is 0 Å². The predicted octanol–water partition coefficient (Wildman–Crippen LogP) is -0.281. The number of nitrogens with zero attached hydrogens (tertiary/aromatic N) is 1. The van der Waals surface area contributed by atoms with Crippen molar-refractivity contribution in [1.82, 2.24) is 4.90 Å². The summed E-state index contributed by atoms with van der Waals surface area (Å²) in [4.78, 5) is 22.7. The third-order valence-corrected chi connectivity index (χ3v) is 2.56. The molecule has 2 unspecified atom stereocenters. The average molecular weight is 217 g/mol. The van der Waals surface area contributed by atoms with Gasteiger partial charge in [-0.3, -0.25) is 14.5 Å². The van der Waals surface area contributed by atoms with Crippen LogP contribution in [0, 0.1) is 0 Å². The quantitative estimate of drug-likeness (QED) is 0.599. The van der Waals surface area contributed by atoms with Gasteiger partial charge in [0.05, 0.1) is 6.42 Å². The summed E-state index contributed by atoms with van der Waals surface area (Å²) >= 11 is 0. The summed E-state index contributed by atoms with van der Waals surface area (Å²) in [5.41, 5.74) is 0. The molecule has 6 heteroatoms. The molecule has 1 fully saturated rings. The maximum Gasteiger partial charge on any atom is 0.321 e. The monoisotopic (exact) mass is 217 g/mol. The molecule has 1 saturated heterocycles. The number of aliphatic hydroxyl groups excluding tert-OH is 1. The van der Waals surface area contributed by atoms with E-state index in [9.17, 15) is 14.7 Å². The van der Waals surface area contributed by atoms with Crippen LogP contribution < -0.4 is 0 Å². The predicted molar refractivity (Wildman–Crippen MR) is 50.2 cm³/mol. The molecule has 2 atom stereocenters. The highest BCUT2D eigenvalue weighted by Gasteiger charge is 2.33. The fourth-order valence-corrected chi connectivity index (χ4v) is 1.81. The van der Waals surface area contributed by atoms with Crippen molar-refractivity contribution >= 4 is 11.9 Å². The molecule has 1 aliphatic rings. The maximum atomic E-state index is 10.9. The smallest absolute Gasteiger partial charge is 0.321 e. The molecule has 0 bridgehead atoms. The Morgan fingerprint density at radius 3 is 2.47 bits per heavy atom. The standard InChI is InChI=1S/C9H15NO5/c11-7-3-1-2-4-10(7)6(9(14)15)5-8(12)13/h6-7,11H,1-5H2,(H,12,13)(H,14,15). The van der Waals surface area contributed by atoms with E-state index in [1.165, 1.54) is 4.90 Å². The first-order valence-corrected chi connectivity index (χ1v) is 4.91. The third kappa shape index (κ3) is 3.17. The number of aliphatic carboxylic acids is 2. The largest absolute Gasteiger partial charge is 0.481 e. The zero-order chi connectivity index (χ0) is 11.4. The van der Waals surface area contributed by atoms with Crippen molar-refractivity contribution in [1.29, 1.82) is 0 Å². The van der Waals surface area contributed by atoms with E-state index in [1.54, 1.807) is 0 Å². The summed E-state index contributed by atoms with van der Waals surface area (Å²) in [7, 11) is 0. The number of carboxylic acid groups (broad SMARTS) is 2. The minimum atomic E-state index is -1.20. The molecule has 15 heavy (non-hydrogen) atoms. The molecule has 6 nitrogen and oxygen atoms in total. The Labute approximate surface area is 87.1 Å². The molecule has 1 rings (SSSR count). The summed E-state index contributed by atoms with van der Waals surface area (Å²) in [6.07, 6.45) is 0.826. The summed E-state index contributed by atoms with van der Waals surface area (Å²) in [6.45, 7) is 0.436. The number of hydrogen-bond acceptors (Lipinski definition) is 4. The van der Waals surface area contributed by atoms with Crippen molar-refractivity contribution < 1.29 is 24.9 Å². The van der Waals surface area contributed by atoms with Gasteiger partial charge in [-0.15, -0.1) is 0 Å². The fraction of sp³-hybridized carbons (Fsp3) is 0.778. The molecule has 0 aromatic carbocycles. The molecule has 0 saturated carbocycles. The van der Waals surface area contributed by atoms with Gasteiger partial charge in [-0.05, 0) is 19.3 Å². The molecule has 0 radical (unpaired) electrons. The first kappa shape index (κ1) is 11.9. The second-order valence-corrected chi connectivity index (χ2v) is 3.67. The van der Waals surface area contributed by atoms with Crippen LogP contribution in [0.2, 0.25) is 0 Å². The van der Waals surface area contributed by atoms with Gasteiger partial charge in [-0.25, -0.2) is 0 Å². The maximum absolute atomic E-state index is 10.9. The van der Waals surface area contributed by atoms with Crippen molar-refractivity contribution in [2.75, 3.05) is 6.54 Å². The minimum Gasteiger partial charge on any atom is -0.481 e. The van der Waals surface area contributed by atoms with E-state index in [0.29, 0.717) is 13.0 Å². The van der Waals surface area contributed by atoms with Crippen molar-refractivity contribution in [2.45, 2.75) is 38.0 Å². The zero-order valence-corrected chi connectivity index (χ0v) is 8.30. The van der Waals surface area contributed by atoms with Gasteiger partial charge in [0.15, 0.2) is 0 Å². The van der Waals surface area contributed by atoms with Gasteiger partial charge in [0.2, 0.25) is 0 Å². The topological polar surface area (TPSA) is 98.1 Å². The molecule has 1 aliphatic heterocycles. The van der Waals surface area contributed by atoms with Crippen LogP contribution in [0.3, 0.4) is 0 Å². The zero-order valence-electron chi connectivity index (χ0n) is 8.30. The molecule has 0 aliphatic carbocycles. The summed E-state index contributed by atoms with van der Waals surface area (Å²) < 4.78 is 0. The second kappa shape index (κ2) is 5.09. The first-order valence-electron chi connectivity index (χ1n) is 4.91. The van der Waals surface area contributed by atoms with E-state index >= 15 is 0 Å². The molecular formula is C9H15NO5. The number of rotatable bonds is 4. The number of carboxylic acids is 2. The Balaban J connectivity index is 2.68. The number of likely N-dealkylation sites (tertiary alicyclic amines) is 1. The van der Waals surface area contributed by atoms with Gasteiger partial charge in [0.1, 0.15) is 12.3 Å². The minimum absolute atomic E-state index is 0.436. The average Bonchev–Trinajstić information content (AvgIpc) is 2.15. The Kier molecular flexibility index (Phi) is 4.05. The van der Waals surface area contributed by atoms with Crippen LogP contribution in [0.1, 0.15) is 25.7 Å². The highest BCUT2D eigenvalue weighted by molar-refractivity contribution is 5.80. The number of piperidine rings is 1. The first-order chi connectivity index (χ1) is 7.02. The summed E-state index contributed by atoms with van der Waals surface area (Å²) in [5.74, 6) is -2.36. The Bertz CT molecular complexity index is 255.